The zero-order chi connectivity index (χ0) is 28.5. The molecule has 4 aromatic heterocycles. The van der Waals surface area contributed by atoms with E-state index in [0.29, 0.717) is 34.9 Å². The van der Waals surface area contributed by atoms with Gasteiger partial charge in [0.15, 0.2) is 5.82 Å². The van der Waals surface area contributed by atoms with Crippen LogP contribution in [-0.2, 0) is 12.2 Å². The third-order valence-corrected chi connectivity index (χ3v) is 6.41. The fourth-order valence-corrected chi connectivity index (χ4v) is 4.43. The number of likely N-dealkylation sites (N-methyl/N-ethyl adjacent to an activating group) is 1. The molecule has 4 aromatic rings. The van der Waals surface area contributed by atoms with Crippen LogP contribution in [0.4, 0.5) is 4.39 Å². The van der Waals surface area contributed by atoms with Crippen LogP contribution in [0.3, 0.4) is 0 Å². The zero-order valence-corrected chi connectivity index (χ0v) is 23.4. The second kappa shape index (κ2) is 11.2. The molecule has 0 radical (unpaired) electrons. The highest BCUT2D eigenvalue weighted by Gasteiger charge is 2.28. The fraction of sp³-hybridized carbons (Fsp3) is 0.321. The van der Waals surface area contributed by atoms with Gasteiger partial charge in [-0.3, -0.25) is 19.3 Å². The van der Waals surface area contributed by atoms with Crippen LogP contribution in [0.1, 0.15) is 35.3 Å². The summed E-state index contributed by atoms with van der Waals surface area (Å²) in [7, 11) is 3.71. The Hall–Kier alpha value is -3.73. The molecule has 9 nitrogen and oxygen atoms in total. The lowest BCUT2D eigenvalue weighted by Gasteiger charge is -2.25. The van der Waals surface area contributed by atoms with Gasteiger partial charge in [0.1, 0.15) is 34.5 Å². The summed E-state index contributed by atoms with van der Waals surface area (Å²) in [5.41, 5.74) is 1.85. The van der Waals surface area contributed by atoms with Gasteiger partial charge in [0, 0.05) is 36.9 Å². The van der Waals surface area contributed by atoms with E-state index in [1.807, 2.05) is 25.9 Å². The van der Waals surface area contributed by atoms with Crippen LogP contribution >= 0.6 is 11.6 Å². The molecule has 0 saturated carbocycles. The normalized spacial score (nSPS) is 13.0. The lowest BCUT2D eigenvalue weighted by Crippen LogP contribution is -2.36. The first-order valence-corrected chi connectivity index (χ1v) is 12.6. The maximum atomic E-state index is 14.2. The molecule has 0 aliphatic heterocycles. The van der Waals surface area contributed by atoms with Gasteiger partial charge in [0.2, 0.25) is 0 Å². The van der Waals surface area contributed by atoms with Crippen molar-refractivity contribution in [2.45, 2.75) is 39.9 Å². The molecule has 4 heterocycles. The molecule has 0 aliphatic rings. The molecule has 4 rings (SSSR count). The predicted octanol–water partition coefficient (Wildman–Crippen LogP) is 4.15. The van der Waals surface area contributed by atoms with Crippen molar-refractivity contribution in [2.24, 2.45) is 0 Å². The summed E-state index contributed by atoms with van der Waals surface area (Å²) < 4.78 is 21.3. The number of pyridine rings is 3. The molecule has 1 atom stereocenters. The van der Waals surface area contributed by atoms with Gasteiger partial charge in [-0.1, -0.05) is 11.6 Å². The van der Waals surface area contributed by atoms with Crippen LogP contribution in [0, 0.1) is 26.6 Å². The molecule has 0 amide bonds. The third-order valence-electron chi connectivity index (χ3n) is 6.06. The largest absolute Gasteiger partial charge is 0.485 e. The summed E-state index contributed by atoms with van der Waals surface area (Å²) in [5, 5.41) is 10.8. The molecule has 0 aromatic carbocycles. The summed E-state index contributed by atoms with van der Waals surface area (Å²) in [6.07, 6.45) is 4.75. The van der Waals surface area contributed by atoms with Gasteiger partial charge < -0.3 is 14.7 Å². The van der Waals surface area contributed by atoms with Gasteiger partial charge in [-0.05, 0) is 71.1 Å². The first kappa shape index (κ1) is 28.3. The maximum absolute atomic E-state index is 14.2. The van der Waals surface area contributed by atoms with Crippen LogP contribution in [0.15, 0.2) is 47.7 Å². The average Bonchev–Trinajstić information content (AvgIpc) is 2.86. The standard InChI is InChI=1S/C28H30ClFN6O3/c1-16-9-19(30)22(32-12-16)14-39-24-10-18(3)36(26(37)25(24)29)23-11-21(33-13-17(23)2)20-7-8-31-27(34-20)28(4,38)15-35(5)6/h7-13,38H,14-15H2,1-6H3. The minimum Gasteiger partial charge on any atom is -0.485 e. The van der Waals surface area contributed by atoms with E-state index in [1.165, 1.54) is 10.6 Å². The van der Waals surface area contributed by atoms with Gasteiger partial charge >= 0.3 is 0 Å². The number of nitrogens with zero attached hydrogens (tertiary/aromatic N) is 6. The van der Waals surface area contributed by atoms with Crippen molar-refractivity contribution in [3.8, 4) is 22.8 Å². The topological polar surface area (TPSA) is 106 Å². The number of aliphatic hydroxyl groups is 1. The SMILES string of the molecule is Cc1cnc(COc2cc(C)n(-c3cc(-c4ccnc(C(C)(O)CN(C)C)n4)ncc3C)c(=O)c2Cl)c(F)c1. The van der Waals surface area contributed by atoms with Crippen LogP contribution in [-0.4, -0.2) is 55.1 Å². The van der Waals surface area contributed by atoms with Crippen LogP contribution in [0.5, 0.6) is 5.75 Å². The second-order valence-corrected chi connectivity index (χ2v) is 10.3. The Kier molecular flexibility index (Phi) is 8.10. The quantitative estimate of drug-likeness (QED) is 0.347. The Morgan fingerprint density at radius 2 is 1.85 bits per heavy atom. The van der Waals surface area contributed by atoms with E-state index in [0.717, 1.165) is 5.56 Å². The van der Waals surface area contributed by atoms with E-state index < -0.39 is 17.0 Å². The molecular formula is C28H30ClFN6O3. The van der Waals surface area contributed by atoms with Crippen molar-refractivity contribution < 1.29 is 14.2 Å². The molecule has 0 fully saturated rings. The van der Waals surface area contributed by atoms with Crippen LogP contribution in [0.2, 0.25) is 5.02 Å². The number of ether oxygens (including phenoxy) is 1. The smallest absolute Gasteiger partial charge is 0.277 e. The Bertz CT molecular complexity index is 1590. The van der Waals surface area contributed by atoms with Crippen molar-refractivity contribution in [1.82, 2.24) is 29.4 Å². The van der Waals surface area contributed by atoms with Crippen molar-refractivity contribution in [1.29, 1.82) is 0 Å². The highest BCUT2D eigenvalue weighted by Crippen LogP contribution is 2.28. The fourth-order valence-electron chi connectivity index (χ4n) is 4.24. The van der Waals surface area contributed by atoms with Gasteiger partial charge in [-0.25, -0.2) is 14.4 Å². The van der Waals surface area contributed by atoms with Gasteiger partial charge in [-0.15, -0.1) is 0 Å². The highest BCUT2D eigenvalue weighted by atomic mass is 35.5. The van der Waals surface area contributed by atoms with Gasteiger partial charge in [0.25, 0.3) is 5.56 Å². The summed E-state index contributed by atoms with van der Waals surface area (Å²) >= 11 is 6.43. The molecule has 0 spiro atoms. The summed E-state index contributed by atoms with van der Waals surface area (Å²) in [5.74, 6) is -0.102. The highest BCUT2D eigenvalue weighted by molar-refractivity contribution is 6.31. The Labute approximate surface area is 230 Å². The van der Waals surface area contributed by atoms with Crippen molar-refractivity contribution >= 4 is 11.6 Å². The number of rotatable bonds is 8. The summed E-state index contributed by atoms with van der Waals surface area (Å²) in [4.78, 5) is 32.6. The van der Waals surface area contributed by atoms with Crippen molar-refractivity contribution in [3.05, 3.63) is 92.4 Å². The first-order valence-electron chi connectivity index (χ1n) is 12.2. The maximum Gasteiger partial charge on any atom is 0.277 e. The molecule has 0 aliphatic carbocycles. The minimum atomic E-state index is -1.28. The second-order valence-electron chi connectivity index (χ2n) is 9.97. The molecule has 11 heteroatoms. The lowest BCUT2D eigenvalue weighted by atomic mass is 10.1. The lowest BCUT2D eigenvalue weighted by molar-refractivity contribution is 0.0217. The molecule has 39 heavy (non-hydrogen) atoms. The molecule has 0 saturated heterocycles. The number of aryl methyl sites for hydroxylation is 3. The minimum absolute atomic E-state index is 0.113. The first-order chi connectivity index (χ1) is 18.4. The predicted molar refractivity (Wildman–Crippen MR) is 147 cm³/mol. The van der Waals surface area contributed by atoms with E-state index in [4.69, 9.17) is 16.3 Å². The van der Waals surface area contributed by atoms with Gasteiger partial charge in [0.05, 0.1) is 17.1 Å². The summed E-state index contributed by atoms with van der Waals surface area (Å²) in [6, 6.07) is 6.41. The molecule has 204 valence electrons. The van der Waals surface area contributed by atoms with E-state index >= 15 is 0 Å². The van der Waals surface area contributed by atoms with E-state index in [2.05, 4.69) is 19.9 Å². The summed E-state index contributed by atoms with van der Waals surface area (Å²) in [6.45, 7) is 7.12. The zero-order valence-electron chi connectivity index (χ0n) is 22.7. The number of halogens is 2. The molecule has 1 N–H and O–H groups in total. The average molecular weight is 553 g/mol. The molecular weight excluding hydrogens is 523 g/mol. The molecule has 1 unspecified atom stereocenters. The van der Waals surface area contributed by atoms with E-state index in [9.17, 15) is 14.3 Å². The monoisotopic (exact) mass is 552 g/mol. The Morgan fingerprint density at radius 1 is 1.10 bits per heavy atom. The Morgan fingerprint density at radius 3 is 2.54 bits per heavy atom. The van der Waals surface area contributed by atoms with Gasteiger partial charge in [-0.2, -0.15) is 0 Å². The Balaban J connectivity index is 1.70. The van der Waals surface area contributed by atoms with Crippen LogP contribution in [0.25, 0.3) is 17.1 Å². The third kappa shape index (κ3) is 6.13. The number of hydrogen-bond donors (Lipinski definition) is 1. The van der Waals surface area contributed by atoms with Crippen LogP contribution < -0.4 is 10.3 Å². The van der Waals surface area contributed by atoms with E-state index in [1.54, 1.807) is 57.6 Å². The van der Waals surface area contributed by atoms with Crippen molar-refractivity contribution in [2.75, 3.05) is 20.6 Å². The molecule has 0 bridgehead atoms. The number of hydrogen-bond acceptors (Lipinski definition) is 8. The number of aromatic nitrogens is 5. The van der Waals surface area contributed by atoms with E-state index in [-0.39, 0.29) is 28.9 Å². The van der Waals surface area contributed by atoms with Crippen molar-refractivity contribution in [3.63, 3.8) is 0 Å².